The van der Waals surface area contributed by atoms with Crippen LogP contribution in [0.3, 0.4) is 0 Å². The minimum atomic E-state index is 0.421. The summed E-state index contributed by atoms with van der Waals surface area (Å²) in [6.45, 7) is 0. The summed E-state index contributed by atoms with van der Waals surface area (Å²) in [5, 5.41) is 3.38. The van der Waals surface area contributed by atoms with Gasteiger partial charge in [0, 0.05) is 5.54 Å². The van der Waals surface area contributed by atoms with Gasteiger partial charge < -0.3 is 5.32 Å². The van der Waals surface area contributed by atoms with Gasteiger partial charge in [0.1, 0.15) is 0 Å². The van der Waals surface area contributed by atoms with Gasteiger partial charge in [-0.05, 0) is 32.2 Å². The van der Waals surface area contributed by atoms with Crippen LogP contribution in [0.15, 0.2) is 12.2 Å². The highest BCUT2D eigenvalue weighted by Gasteiger charge is 2.38. The molecule has 2 bridgehead atoms. The number of allylic oxidation sites excluding steroid dienone is 1. The Morgan fingerprint density at radius 2 is 2.56 bits per heavy atom. The SMILES string of the molecule is CNC12C=CC(CC1)C2. The number of hydrogen-bond acceptors (Lipinski definition) is 1. The van der Waals surface area contributed by atoms with E-state index in [1.54, 1.807) is 0 Å². The van der Waals surface area contributed by atoms with Crippen molar-refractivity contribution in [3.63, 3.8) is 0 Å². The summed E-state index contributed by atoms with van der Waals surface area (Å²) in [6, 6.07) is 0. The lowest BCUT2D eigenvalue weighted by Crippen LogP contribution is -2.36. The van der Waals surface area contributed by atoms with Crippen molar-refractivity contribution in [2.24, 2.45) is 5.92 Å². The van der Waals surface area contributed by atoms with Crippen LogP contribution in [0, 0.1) is 5.92 Å². The van der Waals surface area contributed by atoms with Crippen LogP contribution in [-0.4, -0.2) is 12.6 Å². The first-order chi connectivity index (χ1) is 4.35. The van der Waals surface area contributed by atoms with Gasteiger partial charge in [0.05, 0.1) is 0 Å². The first kappa shape index (κ1) is 5.48. The van der Waals surface area contributed by atoms with E-state index in [9.17, 15) is 0 Å². The van der Waals surface area contributed by atoms with Gasteiger partial charge in [0.15, 0.2) is 0 Å². The number of rotatable bonds is 1. The largest absolute Gasteiger partial charge is 0.311 e. The molecular formula is C8H13N. The zero-order valence-corrected chi connectivity index (χ0v) is 5.85. The molecule has 0 amide bonds. The van der Waals surface area contributed by atoms with Gasteiger partial charge in [0.2, 0.25) is 0 Å². The molecule has 0 aromatic heterocycles. The molecule has 0 heterocycles. The van der Waals surface area contributed by atoms with Crippen LogP contribution in [-0.2, 0) is 0 Å². The number of fused-ring (bicyclic) bond motifs is 2. The molecule has 2 aliphatic rings. The normalized spacial score (nSPS) is 46.6. The van der Waals surface area contributed by atoms with Crippen molar-refractivity contribution in [1.29, 1.82) is 0 Å². The van der Waals surface area contributed by atoms with Crippen LogP contribution in [0.1, 0.15) is 19.3 Å². The molecule has 2 rings (SSSR count). The monoisotopic (exact) mass is 123 g/mol. The van der Waals surface area contributed by atoms with Gasteiger partial charge in [-0.1, -0.05) is 12.2 Å². The van der Waals surface area contributed by atoms with E-state index in [0.29, 0.717) is 5.54 Å². The Kier molecular flexibility index (Phi) is 0.974. The van der Waals surface area contributed by atoms with Crippen molar-refractivity contribution in [2.45, 2.75) is 24.8 Å². The second-order valence-electron chi connectivity index (χ2n) is 3.27. The van der Waals surface area contributed by atoms with Gasteiger partial charge in [-0.3, -0.25) is 0 Å². The average molecular weight is 123 g/mol. The molecule has 0 spiro atoms. The van der Waals surface area contributed by atoms with E-state index in [-0.39, 0.29) is 0 Å². The Hall–Kier alpha value is -0.300. The lowest BCUT2D eigenvalue weighted by molar-refractivity contribution is 0.458. The molecule has 9 heavy (non-hydrogen) atoms. The molecule has 0 aliphatic heterocycles. The molecule has 50 valence electrons. The lowest BCUT2D eigenvalue weighted by atomic mass is 10.0. The third kappa shape index (κ3) is 0.645. The Morgan fingerprint density at radius 3 is 2.78 bits per heavy atom. The quantitative estimate of drug-likeness (QED) is 0.518. The van der Waals surface area contributed by atoms with Crippen molar-refractivity contribution in [2.75, 3.05) is 7.05 Å². The molecule has 1 saturated carbocycles. The third-order valence-corrected chi connectivity index (χ3v) is 2.77. The first-order valence-corrected chi connectivity index (χ1v) is 3.73. The van der Waals surface area contributed by atoms with E-state index in [1.165, 1.54) is 19.3 Å². The van der Waals surface area contributed by atoms with Crippen LogP contribution in [0.4, 0.5) is 0 Å². The number of nitrogens with one attached hydrogen (secondary N) is 1. The standard InChI is InChI=1S/C8H13N/c1-9-8-4-2-7(6-8)3-5-8/h2,4,7,9H,3,5-6H2,1H3. The fourth-order valence-electron chi connectivity index (χ4n) is 2.06. The van der Waals surface area contributed by atoms with E-state index in [0.717, 1.165) is 5.92 Å². The summed E-state index contributed by atoms with van der Waals surface area (Å²) in [7, 11) is 2.07. The van der Waals surface area contributed by atoms with Crippen molar-refractivity contribution >= 4 is 0 Å². The van der Waals surface area contributed by atoms with Gasteiger partial charge in [0.25, 0.3) is 0 Å². The van der Waals surface area contributed by atoms with Crippen LogP contribution < -0.4 is 5.32 Å². The molecule has 2 aliphatic carbocycles. The fourth-order valence-corrected chi connectivity index (χ4v) is 2.06. The zero-order valence-electron chi connectivity index (χ0n) is 5.85. The second kappa shape index (κ2) is 1.60. The molecule has 1 N–H and O–H groups in total. The fraction of sp³-hybridized carbons (Fsp3) is 0.750. The van der Waals surface area contributed by atoms with Crippen LogP contribution >= 0.6 is 0 Å². The topological polar surface area (TPSA) is 12.0 Å². The summed E-state index contributed by atoms with van der Waals surface area (Å²) in [5.74, 6) is 0.900. The highest BCUT2D eigenvalue weighted by molar-refractivity contribution is 5.20. The lowest BCUT2D eigenvalue weighted by Gasteiger charge is -2.21. The Labute approximate surface area is 56.1 Å². The predicted molar refractivity (Wildman–Crippen MR) is 38.3 cm³/mol. The zero-order chi connectivity index (χ0) is 6.32. The minimum absolute atomic E-state index is 0.421. The van der Waals surface area contributed by atoms with Gasteiger partial charge in [-0.15, -0.1) is 0 Å². The molecule has 0 radical (unpaired) electrons. The summed E-state index contributed by atoms with van der Waals surface area (Å²) in [5.41, 5.74) is 0.421. The maximum atomic E-state index is 3.38. The van der Waals surface area contributed by atoms with Crippen LogP contribution in [0.2, 0.25) is 0 Å². The van der Waals surface area contributed by atoms with E-state index >= 15 is 0 Å². The summed E-state index contributed by atoms with van der Waals surface area (Å²) < 4.78 is 0. The van der Waals surface area contributed by atoms with E-state index in [2.05, 4.69) is 24.5 Å². The first-order valence-electron chi connectivity index (χ1n) is 3.73. The summed E-state index contributed by atoms with van der Waals surface area (Å²) in [4.78, 5) is 0. The summed E-state index contributed by atoms with van der Waals surface area (Å²) >= 11 is 0. The maximum Gasteiger partial charge on any atom is 0.0367 e. The molecule has 2 unspecified atom stereocenters. The maximum absolute atomic E-state index is 3.38. The molecular weight excluding hydrogens is 110 g/mol. The molecule has 0 saturated heterocycles. The van der Waals surface area contributed by atoms with Gasteiger partial charge >= 0.3 is 0 Å². The Morgan fingerprint density at radius 1 is 1.67 bits per heavy atom. The van der Waals surface area contributed by atoms with E-state index in [1.807, 2.05) is 0 Å². The molecule has 0 aromatic rings. The van der Waals surface area contributed by atoms with Crippen LogP contribution in [0.5, 0.6) is 0 Å². The highest BCUT2D eigenvalue weighted by atomic mass is 14.9. The number of hydrogen-bond donors (Lipinski definition) is 1. The highest BCUT2D eigenvalue weighted by Crippen LogP contribution is 2.41. The molecule has 2 atom stereocenters. The van der Waals surface area contributed by atoms with Crippen molar-refractivity contribution in [1.82, 2.24) is 5.32 Å². The second-order valence-corrected chi connectivity index (χ2v) is 3.27. The van der Waals surface area contributed by atoms with Gasteiger partial charge in [-0.2, -0.15) is 0 Å². The predicted octanol–water partition coefficient (Wildman–Crippen LogP) is 1.31. The average Bonchev–Trinajstić information content (AvgIpc) is 2.46. The van der Waals surface area contributed by atoms with Crippen LogP contribution in [0.25, 0.3) is 0 Å². The molecule has 1 nitrogen and oxygen atoms in total. The molecule has 1 fully saturated rings. The van der Waals surface area contributed by atoms with Crippen molar-refractivity contribution in [3.8, 4) is 0 Å². The minimum Gasteiger partial charge on any atom is -0.311 e. The smallest absolute Gasteiger partial charge is 0.0367 e. The summed E-state index contributed by atoms with van der Waals surface area (Å²) in [6.07, 6.45) is 8.81. The van der Waals surface area contributed by atoms with E-state index in [4.69, 9.17) is 0 Å². The van der Waals surface area contributed by atoms with E-state index < -0.39 is 0 Å². The molecule has 1 heteroatoms. The molecule has 0 aromatic carbocycles. The number of likely N-dealkylation sites (N-methyl/N-ethyl adjacent to an activating group) is 1. The Balaban J connectivity index is 2.23. The Bertz CT molecular complexity index is 151. The van der Waals surface area contributed by atoms with Crippen molar-refractivity contribution in [3.05, 3.63) is 12.2 Å². The van der Waals surface area contributed by atoms with Crippen molar-refractivity contribution < 1.29 is 0 Å². The van der Waals surface area contributed by atoms with Gasteiger partial charge in [-0.25, -0.2) is 0 Å². The third-order valence-electron chi connectivity index (χ3n) is 2.77.